The van der Waals surface area contributed by atoms with Crippen molar-refractivity contribution in [2.75, 3.05) is 32.7 Å². The Kier molecular flexibility index (Phi) is 4.42. The Morgan fingerprint density at radius 2 is 2.16 bits per heavy atom. The van der Waals surface area contributed by atoms with Crippen LogP contribution in [0.1, 0.15) is 35.6 Å². The lowest BCUT2D eigenvalue weighted by Gasteiger charge is -2.39. The maximum absolute atomic E-state index is 12.3. The van der Waals surface area contributed by atoms with Crippen molar-refractivity contribution in [1.29, 1.82) is 0 Å². The lowest BCUT2D eigenvalue weighted by molar-refractivity contribution is 0.0723. The van der Waals surface area contributed by atoms with E-state index in [4.69, 9.17) is 0 Å². The van der Waals surface area contributed by atoms with Gasteiger partial charge in [0.25, 0.3) is 0 Å². The molecule has 1 aromatic heterocycles. The Morgan fingerprint density at radius 3 is 2.68 bits per heavy atom. The van der Waals surface area contributed by atoms with Gasteiger partial charge in [0.2, 0.25) is 0 Å². The number of nitrogens with one attached hydrogen (secondary N) is 1. The molecular formula is C15H25N3O. The highest BCUT2D eigenvalue weighted by atomic mass is 16.1. The number of H-pyrrole nitrogens is 1. The first-order valence-corrected chi connectivity index (χ1v) is 7.17. The zero-order chi connectivity index (χ0) is 14.0. The maximum atomic E-state index is 12.3. The molecule has 0 spiro atoms. The molecule has 1 aromatic rings. The van der Waals surface area contributed by atoms with Gasteiger partial charge in [-0.3, -0.25) is 14.6 Å². The Morgan fingerprint density at radius 1 is 1.42 bits per heavy atom. The third-order valence-corrected chi connectivity index (χ3v) is 4.07. The number of likely N-dealkylation sites (N-methyl/N-ethyl adjacent to an activating group) is 1. The van der Waals surface area contributed by atoms with Crippen LogP contribution in [0.4, 0.5) is 0 Å². The van der Waals surface area contributed by atoms with E-state index in [0.29, 0.717) is 12.6 Å². The summed E-state index contributed by atoms with van der Waals surface area (Å²) >= 11 is 0. The lowest BCUT2D eigenvalue weighted by Crippen LogP contribution is -2.52. The normalized spacial score (nSPS) is 21.8. The van der Waals surface area contributed by atoms with E-state index in [1.165, 1.54) is 0 Å². The van der Waals surface area contributed by atoms with Gasteiger partial charge >= 0.3 is 0 Å². The molecule has 1 unspecified atom stereocenters. The lowest BCUT2D eigenvalue weighted by atomic mass is 10.1. The molecule has 19 heavy (non-hydrogen) atoms. The van der Waals surface area contributed by atoms with E-state index in [1.54, 1.807) is 0 Å². The molecule has 1 fully saturated rings. The Balaban J connectivity index is 1.95. The number of rotatable bonds is 4. The Bertz CT molecular complexity index is 452. The topological polar surface area (TPSA) is 39.3 Å². The number of carbonyl (C=O) groups is 1. The second-order valence-electron chi connectivity index (χ2n) is 5.63. The molecule has 4 heteroatoms. The first-order valence-electron chi connectivity index (χ1n) is 7.17. The van der Waals surface area contributed by atoms with E-state index in [0.717, 1.165) is 43.1 Å². The van der Waals surface area contributed by atoms with Crippen molar-refractivity contribution in [1.82, 2.24) is 14.8 Å². The summed E-state index contributed by atoms with van der Waals surface area (Å²) in [7, 11) is 0. The number of ketones is 1. The standard InChI is InChI=1S/C15H25N3O/c1-5-18-7-6-17(9-12(18)3)10-15(19)14-8-11(2)16-13(14)4/h8,12,16H,5-7,9-10H2,1-4H3. The van der Waals surface area contributed by atoms with Crippen LogP contribution in [0.15, 0.2) is 6.07 Å². The van der Waals surface area contributed by atoms with Crippen molar-refractivity contribution in [2.24, 2.45) is 0 Å². The fraction of sp³-hybridized carbons (Fsp3) is 0.667. The molecule has 2 rings (SSSR count). The smallest absolute Gasteiger partial charge is 0.178 e. The van der Waals surface area contributed by atoms with Gasteiger partial charge in [0, 0.05) is 42.6 Å². The third kappa shape index (κ3) is 3.25. The molecule has 1 saturated heterocycles. The highest BCUT2D eigenvalue weighted by molar-refractivity contribution is 5.98. The molecule has 0 bridgehead atoms. The monoisotopic (exact) mass is 263 g/mol. The number of piperazine rings is 1. The number of aromatic amines is 1. The van der Waals surface area contributed by atoms with E-state index in [1.807, 2.05) is 19.9 Å². The van der Waals surface area contributed by atoms with Gasteiger partial charge < -0.3 is 4.98 Å². The third-order valence-electron chi connectivity index (χ3n) is 4.07. The summed E-state index contributed by atoms with van der Waals surface area (Å²) in [6.07, 6.45) is 0. The summed E-state index contributed by atoms with van der Waals surface area (Å²) in [4.78, 5) is 20.3. The Labute approximate surface area is 115 Å². The van der Waals surface area contributed by atoms with Gasteiger partial charge in [-0.2, -0.15) is 0 Å². The van der Waals surface area contributed by atoms with Gasteiger partial charge in [-0.25, -0.2) is 0 Å². The summed E-state index contributed by atoms with van der Waals surface area (Å²) in [5.41, 5.74) is 2.90. The van der Waals surface area contributed by atoms with E-state index >= 15 is 0 Å². The van der Waals surface area contributed by atoms with Crippen LogP contribution in [0.5, 0.6) is 0 Å². The van der Waals surface area contributed by atoms with E-state index in [9.17, 15) is 4.79 Å². The van der Waals surface area contributed by atoms with Crippen LogP contribution >= 0.6 is 0 Å². The summed E-state index contributed by atoms with van der Waals surface area (Å²) < 4.78 is 0. The molecular weight excluding hydrogens is 238 g/mol. The molecule has 106 valence electrons. The van der Waals surface area contributed by atoms with E-state index in [-0.39, 0.29) is 5.78 Å². The van der Waals surface area contributed by atoms with Crippen LogP contribution in [0, 0.1) is 13.8 Å². The fourth-order valence-electron chi connectivity index (χ4n) is 2.99. The van der Waals surface area contributed by atoms with E-state index in [2.05, 4.69) is 28.6 Å². The van der Waals surface area contributed by atoms with Crippen molar-refractivity contribution in [3.8, 4) is 0 Å². The highest BCUT2D eigenvalue weighted by Gasteiger charge is 2.24. The largest absolute Gasteiger partial charge is 0.362 e. The zero-order valence-corrected chi connectivity index (χ0v) is 12.5. The molecule has 1 N–H and O–H groups in total. The average Bonchev–Trinajstić information content (AvgIpc) is 2.69. The molecule has 0 saturated carbocycles. The first kappa shape index (κ1) is 14.3. The number of nitrogens with zero attached hydrogens (tertiary/aromatic N) is 2. The number of aryl methyl sites for hydroxylation is 2. The number of carbonyl (C=O) groups excluding carboxylic acids is 1. The van der Waals surface area contributed by atoms with Crippen LogP contribution in [0.25, 0.3) is 0 Å². The van der Waals surface area contributed by atoms with Crippen molar-refractivity contribution in [3.05, 3.63) is 23.0 Å². The van der Waals surface area contributed by atoms with Gasteiger partial charge in [0.1, 0.15) is 0 Å². The van der Waals surface area contributed by atoms with E-state index < -0.39 is 0 Å². The van der Waals surface area contributed by atoms with Gasteiger partial charge in [-0.15, -0.1) is 0 Å². The summed E-state index contributed by atoms with van der Waals surface area (Å²) in [6, 6.07) is 2.50. The molecule has 2 heterocycles. The van der Waals surface area contributed by atoms with Crippen LogP contribution in [0.2, 0.25) is 0 Å². The second-order valence-corrected chi connectivity index (χ2v) is 5.63. The SMILES string of the molecule is CCN1CCN(CC(=O)c2cc(C)[nH]c2C)CC1C. The number of Topliss-reactive ketones (excluding diaryl/α,β-unsaturated/α-hetero) is 1. The summed E-state index contributed by atoms with van der Waals surface area (Å²) in [6.45, 7) is 13.1. The first-order chi connectivity index (χ1) is 9.01. The summed E-state index contributed by atoms with van der Waals surface area (Å²) in [5.74, 6) is 0.235. The van der Waals surface area contributed by atoms with Crippen molar-refractivity contribution in [3.63, 3.8) is 0 Å². The minimum atomic E-state index is 0.235. The van der Waals surface area contributed by atoms with Gasteiger partial charge in [-0.05, 0) is 33.4 Å². The van der Waals surface area contributed by atoms with Crippen LogP contribution < -0.4 is 0 Å². The van der Waals surface area contributed by atoms with Crippen molar-refractivity contribution >= 4 is 5.78 Å². The molecule has 1 aliphatic heterocycles. The molecule has 0 radical (unpaired) electrons. The molecule has 0 aromatic carbocycles. The number of aromatic nitrogens is 1. The molecule has 0 aliphatic carbocycles. The molecule has 1 atom stereocenters. The van der Waals surface area contributed by atoms with Gasteiger partial charge in [0.15, 0.2) is 5.78 Å². The van der Waals surface area contributed by atoms with Gasteiger partial charge in [-0.1, -0.05) is 6.92 Å². The molecule has 4 nitrogen and oxygen atoms in total. The second kappa shape index (κ2) is 5.88. The van der Waals surface area contributed by atoms with Crippen LogP contribution in [-0.2, 0) is 0 Å². The highest BCUT2D eigenvalue weighted by Crippen LogP contribution is 2.13. The fourth-order valence-corrected chi connectivity index (χ4v) is 2.99. The average molecular weight is 263 g/mol. The minimum absolute atomic E-state index is 0.235. The number of hydrogen-bond acceptors (Lipinski definition) is 3. The predicted octanol–water partition coefficient (Wildman–Crippen LogP) is 1.84. The predicted molar refractivity (Wildman–Crippen MR) is 77.7 cm³/mol. The summed E-state index contributed by atoms with van der Waals surface area (Å²) in [5, 5.41) is 0. The van der Waals surface area contributed by atoms with Crippen LogP contribution in [0.3, 0.4) is 0 Å². The van der Waals surface area contributed by atoms with Crippen LogP contribution in [-0.4, -0.2) is 59.3 Å². The van der Waals surface area contributed by atoms with Crippen molar-refractivity contribution < 1.29 is 4.79 Å². The number of hydrogen-bond donors (Lipinski definition) is 1. The Hall–Kier alpha value is -1.13. The minimum Gasteiger partial charge on any atom is -0.362 e. The molecule has 0 amide bonds. The maximum Gasteiger partial charge on any atom is 0.178 e. The quantitative estimate of drug-likeness (QED) is 0.843. The van der Waals surface area contributed by atoms with Gasteiger partial charge in [0.05, 0.1) is 6.54 Å². The van der Waals surface area contributed by atoms with Crippen molar-refractivity contribution in [2.45, 2.75) is 33.7 Å². The zero-order valence-electron chi connectivity index (χ0n) is 12.5. The molecule has 1 aliphatic rings.